The molecule has 9 nitrogen and oxygen atoms in total. The highest BCUT2D eigenvalue weighted by molar-refractivity contribution is 6.30. The highest BCUT2D eigenvalue weighted by Crippen LogP contribution is 2.32. The normalized spacial score (nSPS) is 13.8. The van der Waals surface area contributed by atoms with Gasteiger partial charge in [-0.25, -0.2) is 0 Å². The van der Waals surface area contributed by atoms with Crippen LogP contribution in [0.3, 0.4) is 0 Å². The van der Waals surface area contributed by atoms with E-state index in [2.05, 4.69) is 15.1 Å². The van der Waals surface area contributed by atoms with E-state index in [1.807, 2.05) is 67.6 Å². The minimum atomic E-state index is -0.298. The number of ether oxygens (including phenoxy) is 2. The fourth-order valence-electron chi connectivity index (χ4n) is 5.13. The van der Waals surface area contributed by atoms with Gasteiger partial charge in [0.15, 0.2) is 5.82 Å². The number of halogens is 1. The first-order chi connectivity index (χ1) is 20.9. The summed E-state index contributed by atoms with van der Waals surface area (Å²) in [7, 11) is 3.22. The smallest absolute Gasteiger partial charge is 0.254 e. The van der Waals surface area contributed by atoms with Gasteiger partial charge < -0.3 is 24.2 Å². The van der Waals surface area contributed by atoms with Crippen LogP contribution in [0.4, 0.5) is 5.82 Å². The molecule has 1 saturated heterocycles. The van der Waals surface area contributed by atoms with E-state index in [1.165, 1.54) is 0 Å². The van der Waals surface area contributed by atoms with Gasteiger partial charge >= 0.3 is 0 Å². The van der Waals surface area contributed by atoms with Crippen molar-refractivity contribution >= 4 is 29.2 Å². The second kappa shape index (κ2) is 13.6. The first-order valence-corrected chi connectivity index (χ1v) is 14.5. The number of aromatic nitrogens is 2. The van der Waals surface area contributed by atoms with Gasteiger partial charge in [-0.3, -0.25) is 9.59 Å². The average molecular weight is 600 g/mol. The highest BCUT2D eigenvalue weighted by Gasteiger charge is 2.29. The fraction of sp³-hybridized carbons (Fsp3) is 0.273. The number of carbonyl (C=O) groups is 2. The molecule has 1 aromatic heterocycles. The Morgan fingerprint density at radius 3 is 2.23 bits per heavy atom. The number of piperazine rings is 1. The molecule has 0 unspecified atom stereocenters. The van der Waals surface area contributed by atoms with Crippen molar-refractivity contribution in [1.82, 2.24) is 20.0 Å². The van der Waals surface area contributed by atoms with Crippen molar-refractivity contribution in [2.45, 2.75) is 13.0 Å². The van der Waals surface area contributed by atoms with Gasteiger partial charge in [-0.15, -0.1) is 10.2 Å². The maximum atomic E-state index is 13.6. The molecule has 0 N–H and O–H groups in total. The number of rotatable bonds is 9. The Bertz CT molecular complexity index is 1540. The van der Waals surface area contributed by atoms with Gasteiger partial charge in [0, 0.05) is 48.4 Å². The summed E-state index contributed by atoms with van der Waals surface area (Å²) in [6, 6.07) is 25.6. The third kappa shape index (κ3) is 6.89. The summed E-state index contributed by atoms with van der Waals surface area (Å²) < 4.78 is 10.8. The quantitative estimate of drug-likeness (QED) is 0.256. The third-order valence-corrected chi connectivity index (χ3v) is 7.95. The van der Waals surface area contributed by atoms with Crippen LogP contribution in [0.25, 0.3) is 11.3 Å². The molecule has 5 rings (SSSR count). The summed E-state index contributed by atoms with van der Waals surface area (Å²) in [4.78, 5) is 32.7. The maximum absolute atomic E-state index is 13.6. The van der Waals surface area contributed by atoms with Crippen LogP contribution in [0.2, 0.25) is 5.02 Å². The summed E-state index contributed by atoms with van der Waals surface area (Å²) in [6.07, 6.45) is 0. The number of nitrogens with zero attached hydrogens (tertiary/aromatic N) is 5. The summed E-state index contributed by atoms with van der Waals surface area (Å²) in [5.41, 5.74) is 2.95. The van der Waals surface area contributed by atoms with Crippen molar-refractivity contribution in [3.05, 3.63) is 101 Å². The van der Waals surface area contributed by atoms with Gasteiger partial charge in [0.05, 0.1) is 26.0 Å². The van der Waals surface area contributed by atoms with Crippen molar-refractivity contribution in [3.8, 4) is 22.8 Å². The molecule has 222 valence electrons. The maximum Gasteiger partial charge on any atom is 0.254 e. The minimum Gasteiger partial charge on any atom is -0.497 e. The van der Waals surface area contributed by atoms with Crippen molar-refractivity contribution < 1.29 is 19.1 Å². The number of carbonyl (C=O) groups excluding carboxylic acids is 2. The van der Waals surface area contributed by atoms with Crippen LogP contribution in [0.15, 0.2) is 84.9 Å². The fourth-order valence-corrected chi connectivity index (χ4v) is 5.26. The molecule has 0 bridgehead atoms. The van der Waals surface area contributed by atoms with Gasteiger partial charge in [0.25, 0.3) is 5.91 Å². The van der Waals surface area contributed by atoms with E-state index in [0.29, 0.717) is 54.0 Å². The van der Waals surface area contributed by atoms with Crippen LogP contribution in [0.5, 0.6) is 11.5 Å². The van der Waals surface area contributed by atoms with Crippen molar-refractivity contribution in [3.63, 3.8) is 0 Å². The first-order valence-electron chi connectivity index (χ1n) is 14.1. The van der Waals surface area contributed by atoms with Crippen molar-refractivity contribution in [2.75, 3.05) is 51.8 Å². The van der Waals surface area contributed by atoms with E-state index in [0.717, 1.165) is 16.9 Å². The van der Waals surface area contributed by atoms with E-state index in [4.69, 9.17) is 21.1 Å². The molecule has 10 heteroatoms. The first kappa shape index (κ1) is 29.8. The van der Waals surface area contributed by atoms with Gasteiger partial charge in [-0.2, -0.15) is 0 Å². The van der Waals surface area contributed by atoms with Gasteiger partial charge in [-0.1, -0.05) is 41.9 Å². The molecular formula is C33H34ClN5O4. The average Bonchev–Trinajstić information content (AvgIpc) is 3.07. The standard InChI is InChI=1S/C33H34ClN5O4/c1-23(24-7-5-4-6-8-24)39(33(41)25-9-11-26(34)12-10-25)22-32(40)38-19-17-37(18-20-38)31-16-15-29(35-36-31)28-14-13-27(42-2)21-30(28)43-3/h4-16,21,23H,17-20,22H2,1-3H3/t23-/m0/s1. The molecule has 1 fully saturated rings. The lowest BCUT2D eigenvalue weighted by atomic mass is 10.1. The molecule has 0 aliphatic carbocycles. The zero-order valence-electron chi connectivity index (χ0n) is 24.4. The number of methoxy groups -OCH3 is 2. The number of benzene rings is 3. The monoisotopic (exact) mass is 599 g/mol. The second-order valence-corrected chi connectivity index (χ2v) is 10.7. The van der Waals surface area contributed by atoms with Gasteiger partial charge in [0.2, 0.25) is 5.91 Å². The van der Waals surface area contributed by atoms with Crippen LogP contribution in [0.1, 0.15) is 28.9 Å². The molecule has 0 radical (unpaired) electrons. The predicted octanol–water partition coefficient (Wildman–Crippen LogP) is 5.37. The zero-order chi connectivity index (χ0) is 30.3. The summed E-state index contributed by atoms with van der Waals surface area (Å²) in [5, 5.41) is 9.45. The van der Waals surface area contributed by atoms with E-state index >= 15 is 0 Å². The number of hydrogen-bond donors (Lipinski definition) is 0. The van der Waals surface area contributed by atoms with E-state index in [1.54, 1.807) is 48.3 Å². The summed E-state index contributed by atoms with van der Waals surface area (Å²) in [5.74, 6) is 1.77. The predicted molar refractivity (Wildman–Crippen MR) is 167 cm³/mol. The molecule has 0 spiro atoms. The number of hydrogen-bond acceptors (Lipinski definition) is 7. The summed E-state index contributed by atoms with van der Waals surface area (Å²) >= 11 is 6.05. The lowest BCUT2D eigenvalue weighted by molar-refractivity contribution is -0.132. The molecule has 2 heterocycles. The molecule has 0 saturated carbocycles. The molecule has 4 aromatic rings. The molecular weight excluding hydrogens is 566 g/mol. The Balaban J connectivity index is 1.25. The van der Waals surface area contributed by atoms with Crippen molar-refractivity contribution in [2.24, 2.45) is 0 Å². The van der Waals surface area contributed by atoms with Crippen LogP contribution >= 0.6 is 11.6 Å². The minimum absolute atomic E-state index is 0.0320. The Morgan fingerprint density at radius 1 is 0.884 bits per heavy atom. The lowest BCUT2D eigenvalue weighted by Crippen LogP contribution is -2.52. The Kier molecular flexibility index (Phi) is 9.41. The highest BCUT2D eigenvalue weighted by atomic mass is 35.5. The van der Waals surface area contributed by atoms with Gasteiger partial charge in [-0.05, 0) is 61.0 Å². The SMILES string of the molecule is COc1ccc(-c2ccc(N3CCN(C(=O)CN(C(=O)c4ccc(Cl)cc4)[C@@H](C)c4ccccc4)CC3)nn2)c(OC)c1. The zero-order valence-corrected chi connectivity index (χ0v) is 25.2. The van der Waals surface area contributed by atoms with Crippen LogP contribution in [-0.4, -0.2) is 78.8 Å². The topological polar surface area (TPSA) is 88.1 Å². The largest absolute Gasteiger partial charge is 0.497 e. The molecule has 1 aliphatic rings. The molecule has 1 aliphatic heterocycles. The van der Waals surface area contributed by atoms with Crippen molar-refractivity contribution in [1.29, 1.82) is 0 Å². The third-order valence-electron chi connectivity index (χ3n) is 7.70. The van der Waals surface area contributed by atoms with E-state index in [9.17, 15) is 9.59 Å². The Morgan fingerprint density at radius 2 is 1.60 bits per heavy atom. The van der Waals surface area contributed by atoms with Crippen LogP contribution < -0.4 is 14.4 Å². The van der Waals surface area contributed by atoms with Crippen LogP contribution in [-0.2, 0) is 4.79 Å². The summed E-state index contributed by atoms with van der Waals surface area (Å²) in [6.45, 7) is 4.14. The molecule has 2 amide bonds. The number of amides is 2. The Labute approximate surface area is 256 Å². The molecule has 1 atom stereocenters. The molecule has 3 aromatic carbocycles. The van der Waals surface area contributed by atoms with E-state index in [-0.39, 0.29) is 24.4 Å². The Hall–Kier alpha value is -4.63. The van der Waals surface area contributed by atoms with E-state index < -0.39 is 0 Å². The second-order valence-electron chi connectivity index (χ2n) is 10.2. The number of anilines is 1. The van der Waals surface area contributed by atoms with Crippen LogP contribution in [0, 0.1) is 0 Å². The lowest BCUT2D eigenvalue weighted by Gasteiger charge is -2.37. The van der Waals surface area contributed by atoms with Gasteiger partial charge in [0.1, 0.15) is 18.0 Å². The molecule has 43 heavy (non-hydrogen) atoms.